The quantitative estimate of drug-likeness (QED) is 0.778. The van der Waals surface area contributed by atoms with Crippen LogP contribution in [0, 0.1) is 0 Å². The number of aromatic carboxylic acids is 1. The molecule has 0 unspecified atom stereocenters. The first kappa shape index (κ1) is 19.1. The second-order valence-corrected chi connectivity index (χ2v) is 9.01. The number of nitrogens with zero attached hydrogens (tertiary/aromatic N) is 2. The Labute approximate surface area is 153 Å². The Morgan fingerprint density at radius 1 is 1.50 bits per heavy atom. The number of carboxylic acids is 1. The molecule has 0 aromatic carbocycles. The van der Waals surface area contributed by atoms with Gasteiger partial charge in [-0.15, -0.1) is 0 Å². The van der Waals surface area contributed by atoms with E-state index in [1.165, 1.54) is 0 Å². The van der Waals surface area contributed by atoms with Crippen LogP contribution in [0.25, 0.3) is 0 Å². The van der Waals surface area contributed by atoms with Gasteiger partial charge in [-0.25, -0.2) is 14.6 Å². The second kappa shape index (κ2) is 7.37. The Morgan fingerprint density at radius 2 is 2.17 bits per heavy atom. The zero-order chi connectivity index (χ0) is 18.1. The summed E-state index contributed by atoms with van der Waals surface area (Å²) in [5.41, 5.74) is -0.0201. The van der Waals surface area contributed by atoms with Crippen LogP contribution in [0.3, 0.4) is 0 Å². The number of hydrogen-bond acceptors (Lipinski definition) is 6. The normalized spacial score (nSPS) is 21.1. The number of aromatic nitrogens is 1. The van der Waals surface area contributed by atoms with Crippen LogP contribution in [-0.4, -0.2) is 51.3 Å². The predicted octanol–water partition coefficient (Wildman–Crippen LogP) is 3.09. The average Bonchev–Trinajstić information content (AvgIpc) is 2.98. The van der Waals surface area contributed by atoms with Crippen molar-refractivity contribution >= 4 is 39.3 Å². The summed E-state index contributed by atoms with van der Waals surface area (Å²) in [4.78, 5) is 29.6. The van der Waals surface area contributed by atoms with Crippen molar-refractivity contribution in [2.75, 3.05) is 6.54 Å². The van der Waals surface area contributed by atoms with E-state index >= 15 is 0 Å². The first-order valence-corrected chi connectivity index (χ1v) is 9.31. The molecule has 0 radical (unpaired) electrons. The van der Waals surface area contributed by atoms with Gasteiger partial charge in [-0.2, -0.15) is 0 Å². The van der Waals surface area contributed by atoms with Gasteiger partial charge in [0.2, 0.25) is 0 Å². The molecule has 1 amide bonds. The molecule has 0 saturated carbocycles. The topological polar surface area (TPSA) is 91.8 Å². The van der Waals surface area contributed by atoms with Crippen LogP contribution in [0.1, 0.15) is 49.5 Å². The third kappa shape index (κ3) is 4.67. The van der Waals surface area contributed by atoms with Gasteiger partial charge in [-0.1, -0.05) is 11.3 Å². The Morgan fingerprint density at radius 3 is 2.75 bits per heavy atom. The second-order valence-electron chi connectivity index (χ2n) is 6.74. The van der Waals surface area contributed by atoms with Crippen molar-refractivity contribution < 1.29 is 19.4 Å². The number of likely N-dealkylation sites (tertiary alicyclic amines) is 1. The van der Waals surface area contributed by atoms with Gasteiger partial charge < -0.3 is 20.1 Å². The summed E-state index contributed by atoms with van der Waals surface area (Å²) in [5.74, 6) is -0.982. The molecular weight excluding hydrogens is 398 g/mol. The van der Waals surface area contributed by atoms with Crippen LogP contribution < -0.4 is 5.32 Å². The first-order valence-electron chi connectivity index (χ1n) is 7.70. The lowest BCUT2D eigenvalue weighted by Crippen LogP contribution is -2.44. The molecule has 2 heterocycles. The molecule has 0 spiro atoms. The third-order valence-corrected chi connectivity index (χ3v) is 5.32. The number of nitrogens with one attached hydrogen (secondary N) is 1. The zero-order valence-corrected chi connectivity index (χ0v) is 16.5. The number of amides is 1. The lowest BCUT2D eigenvalue weighted by atomic mass is 10.1. The van der Waals surface area contributed by atoms with Gasteiger partial charge in [0, 0.05) is 25.2 Å². The Kier molecular flexibility index (Phi) is 5.87. The number of rotatable bonds is 4. The fourth-order valence-corrected chi connectivity index (χ4v) is 3.98. The van der Waals surface area contributed by atoms with Crippen molar-refractivity contribution in [3.63, 3.8) is 0 Å². The molecule has 1 saturated heterocycles. The minimum atomic E-state index is -0.982. The summed E-state index contributed by atoms with van der Waals surface area (Å²) in [7, 11) is 0. The Bertz CT molecular complexity index is 629. The standard InChI is InChI=1S/C15H22BrN3O4S/c1-8-9(5-6-19(8)14(22)23-15(2,3)4)17-7-10-11(12(20)21)24-13(16)18-10/h8-9,17H,5-7H2,1-4H3,(H,20,21)/t8-,9-/m1/s1. The van der Waals surface area contributed by atoms with E-state index in [9.17, 15) is 14.7 Å². The lowest BCUT2D eigenvalue weighted by Gasteiger charge is -2.28. The average molecular weight is 420 g/mol. The number of hydrogen-bond donors (Lipinski definition) is 2. The molecule has 1 aromatic heterocycles. The summed E-state index contributed by atoms with van der Waals surface area (Å²) >= 11 is 4.32. The van der Waals surface area contributed by atoms with Crippen molar-refractivity contribution in [3.8, 4) is 0 Å². The third-order valence-electron chi connectivity index (χ3n) is 3.78. The maximum atomic E-state index is 12.2. The molecule has 1 aromatic rings. The van der Waals surface area contributed by atoms with Crippen molar-refractivity contribution in [1.29, 1.82) is 0 Å². The van der Waals surface area contributed by atoms with Crippen LogP contribution in [0.4, 0.5) is 4.79 Å². The van der Waals surface area contributed by atoms with Crippen LogP contribution in [0.15, 0.2) is 3.92 Å². The van der Waals surface area contributed by atoms with Crippen LogP contribution in [0.2, 0.25) is 0 Å². The van der Waals surface area contributed by atoms with Crippen LogP contribution in [0.5, 0.6) is 0 Å². The van der Waals surface area contributed by atoms with Crippen molar-refractivity contribution in [2.45, 2.75) is 58.3 Å². The largest absolute Gasteiger partial charge is 0.477 e. The molecule has 9 heteroatoms. The molecule has 134 valence electrons. The highest BCUT2D eigenvalue weighted by molar-refractivity contribution is 9.11. The van der Waals surface area contributed by atoms with Gasteiger partial charge in [0.15, 0.2) is 3.92 Å². The van der Waals surface area contributed by atoms with E-state index in [2.05, 4.69) is 26.2 Å². The molecule has 2 rings (SSSR count). The van der Waals surface area contributed by atoms with E-state index < -0.39 is 11.6 Å². The highest BCUT2D eigenvalue weighted by Crippen LogP contribution is 2.25. The summed E-state index contributed by atoms with van der Waals surface area (Å²) in [5, 5.41) is 12.5. The summed E-state index contributed by atoms with van der Waals surface area (Å²) in [6.07, 6.45) is 0.468. The number of halogens is 1. The van der Waals surface area contributed by atoms with Gasteiger partial charge in [-0.05, 0) is 50.0 Å². The molecule has 24 heavy (non-hydrogen) atoms. The fraction of sp³-hybridized carbons (Fsp3) is 0.667. The fourth-order valence-electron chi connectivity index (χ4n) is 2.63. The van der Waals surface area contributed by atoms with Crippen LogP contribution in [-0.2, 0) is 11.3 Å². The monoisotopic (exact) mass is 419 g/mol. The molecule has 1 fully saturated rings. The van der Waals surface area contributed by atoms with E-state index in [1.54, 1.807) is 4.90 Å². The van der Waals surface area contributed by atoms with Gasteiger partial charge in [0.05, 0.1) is 5.69 Å². The molecule has 2 N–H and O–H groups in total. The van der Waals surface area contributed by atoms with Gasteiger partial charge >= 0.3 is 12.1 Å². The molecule has 7 nitrogen and oxygen atoms in total. The summed E-state index contributed by atoms with van der Waals surface area (Å²) < 4.78 is 5.97. The number of carbonyl (C=O) groups excluding carboxylic acids is 1. The number of ether oxygens (including phenoxy) is 1. The molecule has 1 aliphatic heterocycles. The molecule has 2 atom stereocenters. The predicted molar refractivity (Wildman–Crippen MR) is 94.4 cm³/mol. The first-order chi connectivity index (χ1) is 11.1. The van der Waals surface area contributed by atoms with Gasteiger partial charge in [0.25, 0.3) is 0 Å². The minimum absolute atomic E-state index is 0.0322. The number of thiazole rings is 1. The van der Waals surface area contributed by atoms with E-state index in [1.807, 2.05) is 27.7 Å². The van der Waals surface area contributed by atoms with Crippen molar-refractivity contribution in [1.82, 2.24) is 15.2 Å². The number of carbonyl (C=O) groups is 2. The van der Waals surface area contributed by atoms with Crippen LogP contribution >= 0.6 is 27.3 Å². The Hall–Kier alpha value is -1.19. The summed E-state index contributed by atoms with van der Waals surface area (Å²) in [6.45, 7) is 8.45. The smallest absolute Gasteiger partial charge is 0.410 e. The van der Waals surface area contributed by atoms with E-state index in [0.29, 0.717) is 22.7 Å². The molecule has 1 aliphatic rings. The van der Waals surface area contributed by atoms with E-state index in [0.717, 1.165) is 17.8 Å². The maximum absolute atomic E-state index is 12.2. The highest BCUT2D eigenvalue weighted by atomic mass is 79.9. The van der Waals surface area contributed by atoms with Gasteiger partial charge in [0.1, 0.15) is 10.5 Å². The summed E-state index contributed by atoms with van der Waals surface area (Å²) in [6, 6.07) is 0.0369. The molecular formula is C15H22BrN3O4S. The van der Waals surface area contributed by atoms with Crippen molar-refractivity contribution in [3.05, 3.63) is 14.5 Å². The molecule has 0 bridgehead atoms. The maximum Gasteiger partial charge on any atom is 0.410 e. The molecule has 0 aliphatic carbocycles. The Balaban J connectivity index is 1.96. The SMILES string of the molecule is C[C@@H]1[C@H](NCc2nc(Br)sc2C(=O)O)CCN1C(=O)OC(C)(C)C. The van der Waals surface area contributed by atoms with Gasteiger partial charge in [-0.3, -0.25) is 0 Å². The van der Waals surface area contributed by atoms with Crippen molar-refractivity contribution in [2.24, 2.45) is 0 Å². The van der Waals surface area contributed by atoms with E-state index in [4.69, 9.17) is 4.74 Å². The lowest BCUT2D eigenvalue weighted by molar-refractivity contribution is 0.0229. The van der Waals surface area contributed by atoms with E-state index in [-0.39, 0.29) is 23.1 Å². The number of carboxylic acid groups (broad SMARTS) is 1. The highest BCUT2D eigenvalue weighted by Gasteiger charge is 2.36. The zero-order valence-electron chi connectivity index (χ0n) is 14.1. The minimum Gasteiger partial charge on any atom is -0.477 e.